The topological polar surface area (TPSA) is 102 Å². The molecule has 31 heavy (non-hydrogen) atoms. The largest absolute Gasteiger partial charge is 0.376 e. The average molecular weight is 449 g/mol. The fraction of sp³-hybridized carbons (Fsp3) is 0.667. The SMILES string of the molecule is CC1C[C@H](NS(C)(=O)=O)[C@H](COC2CCC(c3ccccc3)CC2)N1c1nnnn1C. The van der Waals surface area contributed by atoms with Crippen LogP contribution in [-0.2, 0) is 21.8 Å². The minimum Gasteiger partial charge on any atom is -0.376 e. The van der Waals surface area contributed by atoms with Gasteiger partial charge in [-0.3, -0.25) is 0 Å². The zero-order valence-corrected chi connectivity index (χ0v) is 19.2. The molecule has 2 fully saturated rings. The van der Waals surface area contributed by atoms with Crippen molar-refractivity contribution in [3.8, 4) is 0 Å². The van der Waals surface area contributed by atoms with E-state index in [4.69, 9.17) is 4.74 Å². The predicted octanol–water partition coefficient (Wildman–Crippen LogP) is 1.84. The maximum absolute atomic E-state index is 12.0. The second kappa shape index (κ2) is 9.22. The lowest BCUT2D eigenvalue weighted by molar-refractivity contribution is 0.0153. The second-order valence-corrected chi connectivity index (χ2v) is 10.7. The van der Waals surface area contributed by atoms with Crippen molar-refractivity contribution < 1.29 is 13.2 Å². The Hall–Kier alpha value is -2.04. The Bertz CT molecular complexity index is 959. The molecule has 0 spiro atoms. The van der Waals surface area contributed by atoms with Crippen LogP contribution in [0.2, 0.25) is 0 Å². The quantitative estimate of drug-likeness (QED) is 0.689. The van der Waals surface area contributed by atoms with Crippen molar-refractivity contribution in [1.82, 2.24) is 24.9 Å². The number of rotatable bonds is 7. The van der Waals surface area contributed by atoms with Gasteiger partial charge in [0.15, 0.2) is 0 Å². The zero-order valence-electron chi connectivity index (χ0n) is 18.4. The van der Waals surface area contributed by atoms with Crippen LogP contribution in [0.5, 0.6) is 0 Å². The molecule has 1 saturated carbocycles. The predicted molar refractivity (Wildman–Crippen MR) is 118 cm³/mol. The molecular weight excluding hydrogens is 416 g/mol. The van der Waals surface area contributed by atoms with Crippen molar-refractivity contribution in [1.29, 1.82) is 0 Å². The Labute approximate surface area is 184 Å². The number of nitrogens with one attached hydrogen (secondary N) is 1. The lowest BCUT2D eigenvalue weighted by atomic mass is 9.83. The van der Waals surface area contributed by atoms with E-state index in [0.29, 0.717) is 24.9 Å². The minimum absolute atomic E-state index is 0.0892. The summed E-state index contributed by atoms with van der Waals surface area (Å²) in [5, 5.41) is 11.9. The first kappa shape index (κ1) is 22.2. The summed E-state index contributed by atoms with van der Waals surface area (Å²) < 4.78 is 34.7. The molecule has 1 aliphatic heterocycles. The molecule has 1 aromatic heterocycles. The van der Waals surface area contributed by atoms with Gasteiger partial charge in [-0.1, -0.05) is 35.4 Å². The number of benzene rings is 1. The molecule has 1 aromatic carbocycles. The molecule has 1 saturated heterocycles. The number of aryl methyl sites for hydroxylation is 1. The van der Waals surface area contributed by atoms with E-state index < -0.39 is 10.0 Å². The first-order chi connectivity index (χ1) is 14.8. The lowest BCUT2D eigenvalue weighted by Gasteiger charge is -2.33. The average Bonchev–Trinajstić information content (AvgIpc) is 3.28. The fourth-order valence-electron chi connectivity index (χ4n) is 5.07. The van der Waals surface area contributed by atoms with E-state index in [0.717, 1.165) is 25.7 Å². The van der Waals surface area contributed by atoms with Crippen molar-refractivity contribution >= 4 is 16.0 Å². The second-order valence-electron chi connectivity index (χ2n) is 8.88. The number of hydrogen-bond donors (Lipinski definition) is 1. The van der Waals surface area contributed by atoms with Gasteiger partial charge in [0.1, 0.15) is 0 Å². The van der Waals surface area contributed by atoms with Crippen LogP contribution < -0.4 is 9.62 Å². The first-order valence-corrected chi connectivity index (χ1v) is 12.9. The molecule has 9 nitrogen and oxygen atoms in total. The maximum Gasteiger partial charge on any atom is 0.245 e. The molecule has 0 bridgehead atoms. The number of sulfonamides is 1. The Morgan fingerprint density at radius 3 is 2.48 bits per heavy atom. The summed E-state index contributed by atoms with van der Waals surface area (Å²) in [6.45, 7) is 2.50. The van der Waals surface area contributed by atoms with Crippen molar-refractivity contribution in [3.05, 3.63) is 35.9 Å². The molecule has 1 unspecified atom stereocenters. The van der Waals surface area contributed by atoms with Crippen LogP contribution in [0, 0.1) is 0 Å². The highest BCUT2D eigenvalue weighted by Gasteiger charge is 2.43. The first-order valence-electron chi connectivity index (χ1n) is 11.0. The van der Waals surface area contributed by atoms with E-state index in [-0.39, 0.29) is 24.2 Å². The van der Waals surface area contributed by atoms with Crippen LogP contribution >= 0.6 is 0 Å². The van der Waals surface area contributed by atoms with Gasteiger partial charge in [-0.25, -0.2) is 17.8 Å². The Kier molecular flexibility index (Phi) is 6.59. The summed E-state index contributed by atoms with van der Waals surface area (Å²) in [5.41, 5.74) is 1.41. The van der Waals surface area contributed by atoms with Gasteiger partial charge in [-0.2, -0.15) is 0 Å². The molecule has 2 aromatic rings. The minimum atomic E-state index is -3.34. The fourth-order valence-corrected chi connectivity index (χ4v) is 5.87. The van der Waals surface area contributed by atoms with Gasteiger partial charge < -0.3 is 9.64 Å². The summed E-state index contributed by atoms with van der Waals surface area (Å²) >= 11 is 0. The third-order valence-electron chi connectivity index (χ3n) is 6.53. The number of nitrogens with zero attached hydrogens (tertiary/aromatic N) is 5. The summed E-state index contributed by atoms with van der Waals surface area (Å²) in [6.07, 6.45) is 6.31. The van der Waals surface area contributed by atoms with Crippen LogP contribution in [0.15, 0.2) is 30.3 Å². The number of hydrogen-bond acceptors (Lipinski definition) is 7. The number of aromatic nitrogens is 4. The third-order valence-corrected chi connectivity index (χ3v) is 7.26. The summed E-state index contributed by atoms with van der Waals surface area (Å²) in [5.74, 6) is 1.22. The van der Waals surface area contributed by atoms with Crippen molar-refractivity contribution in [3.63, 3.8) is 0 Å². The molecule has 10 heteroatoms. The molecule has 2 heterocycles. The lowest BCUT2D eigenvalue weighted by Crippen LogP contribution is -2.49. The van der Waals surface area contributed by atoms with Crippen molar-refractivity contribution in [2.45, 2.75) is 69.2 Å². The van der Waals surface area contributed by atoms with Crippen LogP contribution in [0.1, 0.15) is 50.5 Å². The van der Waals surface area contributed by atoms with Gasteiger partial charge in [0.25, 0.3) is 0 Å². The van der Waals surface area contributed by atoms with Gasteiger partial charge in [0.05, 0.1) is 25.0 Å². The summed E-state index contributed by atoms with van der Waals surface area (Å²) in [4.78, 5) is 2.10. The van der Waals surface area contributed by atoms with Gasteiger partial charge in [0, 0.05) is 19.1 Å². The highest BCUT2D eigenvalue weighted by Crippen LogP contribution is 2.35. The standard InChI is InChI=1S/C21H32N6O3S/c1-15-13-19(23-31(3,28)29)20(27(15)21-22-24-25-26(21)2)14-30-18-11-9-17(10-12-18)16-7-5-4-6-8-16/h4-8,15,17-20,23H,9-14H2,1-3H3/t15?,17?,18?,19-,20-/m0/s1. The summed E-state index contributed by atoms with van der Waals surface area (Å²) in [7, 11) is -1.54. The molecule has 4 rings (SSSR count). The smallest absolute Gasteiger partial charge is 0.245 e. The maximum atomic E-state index is 12.0. The Morgan fingerprint density at radius 1 is 1.16 bits per heavy atom. The van der Waals surface area contributed by atoms with Crippen LogP contribution in [0.25, 0.3) is 0 Å². The molecule has 1 N–H and O–H groups in total. The molecule has 0 amide bonds. The van der Waals surface area contributed by atoms with E-state index in [1.807, 2.05) is 0 Å². The molecule has 170 valence electrons. The van der Waals surface area contributed by atoms with Crippen molar-refractivity contribution in [2.24, 2.45) is 7.05 Å². The van der Waals surface area contributed by atoms with E-state index in [2.05, 4.69) is 62.4 Å². The van der Waals surface area contributed by atoms with E-state index in [1.54, 1.807) is 11.7 Å². The highest BCUT2D eigenvalue weighted by molar-refractivity contribution is 7.88. The third kappa shape index (κ3) is 5.24. The molecule has 3 atom stereocenters. The van der Waals surface area contributed by atoms with E-state index >= 15 is 0 Å². The van der Waals surface area contributed by atoms with Gasteiger partial charge in [0.2, 0.25) is 16.0 Å². The molecule has 1 aliphatic carbocycles. The molecule has 2 aliphatic rings. The Morgan fingerprint density at radius 2 is 1.87 bits per heavy atom. The van der Waals surface area contributed by atoms with Crippen LogP contribution in [0.4, 0.5) is 5.95 Å². The number of tetrazole rings is 1. The number of ether oxygens (including phenoxy) is 1. The van der Waals surface area contributed by atoms with Gasteiger partial charge in [-0.05, 0) is 60.9 Å². The normalized spacial score (nSPS) is 29.4. The van der Waals surface area contributed by atoms with Crippen LogP contribution in [-0.4, -0.2) is 65.7 Å². The molecular formula is C21H32N6O3S. The van der Waals surface area contributed by atoms with E-state index in [1.165, 1.54) is 11.8 Å². The van der Waals surface area contributed by atoms with Gasteiger partial charge >= 0.3 is 0 Å². The molecule has 0 radical (unpaired) electrons. The van der Waals surface area contributed by atoms with Crippen LogP contribution in [0.3, 0.4) is 0 Å². The summed E-state index contributed by atoms with van der Waals surface area (Å²) in [6, 6.07) is 10.4. The highest BCUT2D eigenvalue weighted by atomic mass is 32.2. The zero-order chi connectivity index (χ0) is 22.0. The monoisotopic (exact) mass is 448 g/mol. The number of anilines is 1. The van der Waals surface area contributed by atoms with E-state index in [9.17, 15) is 8.42 Å². The van der Waals surface area contributed by atoms with Gasteiger partial charge in [-0.15, -0.1) is 0 Å². The van der Waals surface area contributed by atoms with Crippen molar-refractivity contribution in [2.75, 3.05) is 17.8 Å². The Balaban J connectivity index is 1.42.